The van der Waals surface area contributed by atoms with Crippen LogP contribution in [-0.2, 0) is 20.4 Å². The molecular formula is C9H21SiTi. The second-order valence-electron chi connectivity index (χ2n) is 4.14. The molecule has 0 bridgehead atoms. The Morgan fingerprint density at radius 1 is 1.18 bits per heavy atom. The van der Waals surface area contributed by atoms with Crippen molar-refractivity contribution in [3.63, 3.8) is 0 Å². The van der Waals surface area contributed by atoms with E-state index in [-0.39, 0.29) is 0 Å². The molecule has 0 aromatic carbocycles. The molecule has 1 aliphatic rings. The van der Waals surface area contributed by atoms with Crippen molar-refractivity contribution in [3.05, 3.63) is 0 Å². The van der Waals surface area contributed by atoms with Crippen molar-refractivity contribution in [3.8, 4) is 0 Å². The summed E-state index contributed by atoms with van der Waals surface area (Å²) in [4.78, 5) is 0. The topological polar surface area (TPSA) is 0 Å². The molecule has 0 nitrogen and oxygen atoms in total. The Hall–Kier alpha value is 0.931. The molecule has 0 spiro atoms. The Morgan fingerprint density at radius 3 is 2.00 bits per heavy atom. The summed E-state index contributed by atoms with van der Waals surface area (Å²) in [6, 6.07) is 1.58. The number of hydrogen-bond acceptors (Lipinski definition) is 0. The minimum absolute atomic E-state index is 0.694. The molecule has 1 unspecified atom stereocenters. The first-order valence-electron chi connectivity index (χ1n) is 4.63. The van der Waals surface area contributed by atoms with Gasteiger partial charge in [0, 0.05) is 0 Å². The molecule has 1 saturated heterocycles. The molecule has 1 aliphatic heterocycles. The summed E-state index contributed by atoms with van der Waals surface area (Å²) in [7, 11) is -0.694. The first-order valence-corrected chi connectivity index (χ1v) is 9.47. The van der Waals surface area contributed by atoms with Gasteiger partial charge in [0.25, 0.3) is 0 Å². The van der Waals surface area contributed by atoms with Crippen LogP contribution in [0.5, 0.6) is 0 Å². The van der Waals surface area contributed by atoms with Crippen molar-refractivity contribution in [2.24, 2.45) is 0 Å². The fourth-order valence-corrected chi connectivity index (χ4v) is 4.31. The van der Waals surface area contributed by atoms with Crippen molar-refractivity contribution in [2.75, 3.05) is 0 Å². The molecule has 1 atom stereocenters. The van der Waals surface area contributed by atoms with E-state index in [1.165, 1.54) is 19.3 Å². The van der Waals surface area contributed by atoms with Crippen LogP contribution in [0.4, 0.5) is 0 Å². The van der Waals surface area contributed by atoms with Gasteiger partial charge in [-0.2, -0.15) is 0 Å². The van der Waals surface area contributed by atoms with E-state index in [0.29, 0.717) is 0 Å². The summed E-state index contributed by atoms with van der Waals surface area (Å²) < 4.78 is 0. The Labute approximate surface area is 84.6 Å². The zero-order valence-electron chi connectivity index (χ0n) is 8.41. The van der Waals surface area contributed by atoms with Crippen LogP contribution in [0, 0.1) is 0 Å². The second kappa shape index (κ2) is 5.56. The van der Waals surface area contributed by atoms with Crippen LogP contribution in [0.15, 0.2) is 0 Å². The van der Waals surface area contributed by atoms with E-state index in [4.69, 9.17) is 0 Å². The normalized spacial score (nSPS) is 28.5. The van der Waals surface area contributed by atoms with Crippen LogP contribution >= 0.6 is 0 Å². The second-order valence-corrected chi connectivity index (χ2v) is 9.60. The zero-order chi connectivity index (χ0) is 8.91. The summed E-state index contributed by atoms with van der Waals surface area (Å²) in [6.07, 6.45) is 4.53. The van der Waals surface area contributed by atoms with Crippen LogP contribution in [0.3, 0.4) is 0 Å². The molecule has 11 heavy (non-hydrogen) atoms. The maximum absolute atomic E-state index is 2.54. The van der Waals surface area contributed by atoms with E-state index in [2.05, 4.69) is 20.0 Å². The van der Waals surface area contributed by atoms with Gasteiger partial charge in [0.15, 0.2) is 0 Å². The molecule has 0 aliphatic carbocycles. The average molecular weight is 205 g/mol. The summed E-state index contributed by atoms with van der Waals surface area (Å²) in [5.41, 5.74) is 1.09. The van der Waals surface area contributed by atoms with Gasteiger partial charge in [0.2, 0.25) is 0 Å². The van der Waals surface area contributed by atoms with Gasteiger partial charge < -0.3 is 0 Å². The molecule has 0 amide bonds. The van der Waals surface area contributed by atoms with Crippen molar-refractivity contribution in [1.82, 2.24) is 0 Å². The molecule has 0 aromatic rings. The zero-order valence-corrected chi connectivity index (χ0v) is 11.0. The molecule has 2 heteroatoms. The SMILES string of the molecule is CC1CCCC[Si]1(C)C.[CH3][Ti]. The summed E-state index contributed by atoms with van der Waals surface area (Å²) in [5, 5.41) is 2.00. The van der Waals surface area contributed by atoms with Gasteiger partial charge in [-0.1, -0.05) is 45.3 Å². The third-order valence-electron chi connectivity index (χ3n) is 3.04. The fraction of sp³-hybridized carbons (Fsp3) is 1.00. The van der Waals surface area contributed by atoms with Gasteiger partial charge in [-0.25, -0.2) is 0 Å². The minimum atomic E-state index is -0.694. The van der Waals surface area contributed by atoms with Crippen molar-refractivity contribution in [2.45, 2.75) is 56.1 Å². The predicted octanol–water partition coefficient (Wildman–Crippen LogP) is 3.85. The molecule has 1 heterocycles. The Balaban J connectivity index is 0.000000461. The van der Waals surface area contributed by atoms with Gasteiger partial charge in [-0.3, -0.25) is 0 Å². The van der Waals surface area contributed by atoms with Gasteiger partial charge >= 0.3 is 25.7 Å². The van der Waals surface area contributed by atoms with Crippen LogP contribution in [0.1, 0.15) is 26.2 Å². The van der Waals surface area contributed by atoms with Gasteiger partial charge in [-0.05, 0) is 5.54 Å². The van der Waals surface area contributed by atoms with E-state index in [9.17, 15) is 0 Å². The summed E-state index contributed by atoms with van der Waals surface area (Å²) in [5.74, 6) is 0. The van der Waals surface area contributed by atoms with Crippen LogP contribution in [0.25, 0.3) is 0 Å². The van der Waals surface area contributed by atoms with Crippen LogP contribution in [0.2, 0.25) is 29.9 Å². The number of hydrogen-bond donors (Lipinski definition) is 0. The van der Waals surface area contributed by atoms with E-state index in [1.54, 1.807) is 6.04 Å². The molecule has 0 radical (unpaired) electrons. The number of rotatable bonds is 0. The van der Waals surface area contributed by atoms with Crippen molar-refractivity contribution < 1.29 is 20.4 Å². The third-order valence-corrected chi connectivity index (χ3v) is 7.64. The first-order chi connectivity index (χ1) is 5.13. The molecule has 0 saturated carbocycles. The van der Waals surface area contributed by atoms with E-state index >= 15 is 0 Å². The van der Waals surface area contributed by atoms with Gasteiger partial charge in [0.05, 0.1) is 8.07 Å². The van der Waals surface area contributed by atoms with E-state index in [1.807, 2.05) is 25.7 Å². The van der Waals surface area contributed by atoms with Crippen molar-refractivity contribution >= 4 is 8.07 Å². The summed E-state index contributed by atoms with van der Waals surface area (Å²) >= 11 is 2.00. The van der Waals surface area contributed by atoms with Gasteiger partial charge in [-0.15, -0.1) is 0 Å². The Bertz CT molecular complexity index is 102. The molecular weight excluding hydrogens is 184 g/mol. The Morgan fingerprint density at radius 2 is 1.73 bits per heavy atom. The molecule has 65 valence electrons. The first kappa shape index (κ1) is 11.9. The molecule has 0 aromatic heterocycles. The fourth-order valence-electron chi connectivity index (χ4n) is 1.67. The maximum atomic E-state index is 2.54. The molecule has 0 N–H and O–H groups in total. The molecule has 1 rings (SSSR count). The Kier molecular flexibility index (Phi) is 6.03. The average Bonchev–Trinajstić information content (AvgIpc) is 2.00. The van der Waals surface area contributed by atoms with Gasteiger partial charge in [0.1, 0.15) is 0 Å². The van der Waals surface area contributed by atoms with Crippen LogP contribution in [-0.4, -0.2) is 8.07 Å². The summed E-state index contributed by atoms with van der Waals surface area (Å²) in [6.45, 7) is 7.53. The van der Waals surface area contributed by atoms with E-state index in [0.717, 1.165) is 5.54 Å². The monoisotopic (exact) mass is 205 g/mol. The quantitative estimate of drug-likeness (QED) is 0.527. The van der Waals surface area contributed by atoms with Crippen LogP contribution < -0.4 is 0 Å². The standard InChI is InChI=1S/C8H18Si.CH3.Ti/c1-8-6-4-5-7-9(8,2)3;;/h8H,4-7H2,1-3H3;1H3;. The molecule has 1 fully saturated rings. The van der Waals surface area contributed by atoms with Crippen molar-refractivity contribution in [1.29, 1.82) is 0 Å². The predicted molar refractivity (Wildman–Crippen MR) is 51.4 cm³/mol. The van der Waals surface area contributed by atoms with E-state index < -0.39 is 8.07 Å². The third kappa shape index (κ3) is 3.91.